The fourth-order valence-corrected chi connectivity index (χ4v) is 4.04. The molecule has 0 aliphatic carbocycles. The van der Waals surface area contributed by atoms with E-state index in [2.05, 4.69) is 8.56 Å². The van der Waals surface area contributed by atoms with E-state index in [-0.39, 0.29) is 47.8 Å². The molecule has 2 heterocycles. The maximum Gasteiger partial charge on any atom is 1.00 e. The summed E-state index contributed by atoms with van der Waals surface area (Å²) in [6.45, 7) is 0.105. The molecule has 30 heavy (non-hydrogen) atoms. The Hall–Kier alpha value is -2.02. The molecule has 0 spiro atoms. The zero-order valence-corrected chi connectivity index (χ0v) is 19.8. The molecule has 0 amide bonds. The molecular weight excluding hydrogens is 445 g/mol. The van der Waals surface area contributed by atoms with Gasteiger partial charge in [0.25, 0.3) is 10.4 Å². The van der Waals surface area contributed by atoms with E-state index in [0.717, 1.165) is 10.4 Å². The van der Waals surface area contributed by atoms with Gasteiger partial charge in [0, 0.05) is 17.3 Å². The number of hydrogen-bond acceptors (Lipinski definition) is 10. The number of hydrogen-bond donors (Lipinski definition) is 0. The third kappa shape index (κ3) is 4.51. The standard InChI is InChI=1S/C18H15NO8S2.Na/c1-23-13-4-3-10(5-14(13)27-29(20,21)22)12-8-19-28-18(12)11-6-15(24-2)17-16(7-11)25-9-26-17;/h3-8H,9H2,1-2H3,(H,20,21,22);/q;+1/p-1. The van der Waals surface area contributed by atoms with Crippen LogP contribution < -0.4 is 52.7 Å². The number of benzene rings is 2. The average Bonchev–Trinajstić information content (AvgIpc) is 3.35. The number of aromatic nitrogens is 1. The summed E-state index contributed by atoms with van der Waals surface area (Å²) in [5, 5.41) is 0. The first-order valence-corrected chi connectivity index (χ1v) is 10.3. The molecule has 0 unspecified atom stereocenters. The van der Waals surface area contributed by atoms with E-state index < -0.39 is 10.4 Å². The van der Waals surface area contributed by atoms with Crippen LogP contribution in [0.25, 0.3) is 21.6 Å². The molecular formula is C18H14NNaO8S2. The summed E-state index contributed by atoms with van der Waals surface area (Å²) in [5.41, 5.74) is 2.06. The van der Waals surface area contributed by atoms with Crippen molar-refractivity contribution in [1.29, 1.82) is 0 Å². The molecule has 2 aromatic carbocycles. The zero-order valence-electron chi connectivity index (χ0n) is 16.2. The fourth-order valence-electron chi connectivity index (χ4n) is 2.93. The van der Waals surface area contributed by atoms with Crippen LogP contribution in [-0.2, 0) is 10.4 Å². The molecule has 0 bridgehead atoms. The van der Waals surface area contributed by atoms with Gasteiger partial charge in [0.05, 0.1) is 19.1 Å². The maximum atomic E-state index is 11.1. The van der Waals surface area contributed by atoms with Gasteiger partial charge in [-0.2, -0.15) is 4.37 Å². The van der Waals surface area contributed by atoms with E-state index in [1.54, 1.807) is 18.3 Å². The summed E-state index contributed by atoms with van der Waals surface area (Å²) in [7, 11) is -2.09. The summed E-state index contributed by atoms with van der Waals surface area (Å²) in [4.78, 5) is 0.780. The second kappa shape index (κ2) is 9.00. The second-order valence-electron chi connectivity index (χ2n) is 5.84. The Morgan fingerprint density at radius 1 is 1.03 bits per heavy atom. The smallest absolute Gasteiger partial charge is 0.716 e. The molecule has 0 fully saturated rings. The first kappa shape index (κ1) is 22.7. The van der Waals surface area contributed by atoms with Crippen molar-refractivity contribution in [1.82, 2.24) is 4.37 Å². The van der Waals surface area contributed by atoms with Gasteiger partial charge in [-0.15, -0.1) is 0 Å². The monoisotopic (exact) mass is 459 g/mol. The molecule has 9 nitrogen and oxygen atoms in total. The molecule has 4 rings (SSSR count). The summed E-state index contributed by atoms with van der Waals surface area (Å²) in [6.07, 6.45) is 1.63. The van der Waals surface area contributed by atoms with Gasteiger partial charge in [0.2, 0.25) is 12.5 Å². The van der Waals surface area contributed by atoms with Gasteiger partial charge < -0.3 is 27.7 Å². The molecule has 0 saturated heterocycles. The topological polar surface area (TPSA) is 116 Å². The van der Waals surface area contributed by atoms with Gasteiger partial charge in [-0.05, 0) is 41.4 Å². The van der Waals surface area contributed by atoms with Gasteiger partial charge in [0.15, 0.2) is 23.0 Å². The Bertz CT molecular complexity index is 1180. The van der Waals surface area contributed by atoms with Crippen molar-refractivity contribution in [2.24, 2.45) is 0 Å². The van der Waals surface area contributed by atoms with Crippen molar-refractivity contribution in [3.8, 4) is 50.3 Å². The number of methoxy groups -OCH3 is 2. The van der Waals surface area contributed by atoms with Gasteiger partial charge in [0.1, 0.15) is 0 Å². The normalized spacial score (nSPS) is 12.2. The van der Waals surface area contributed by atoms with Crippen molar-refractivity contribution in [2.75, 3.05) is 21.0 Å². The molecule has 1 aliphatic heterocycles. The Kier molecular flexibility index (Phi) is 6.80. The van der Waals surface area contributed by atoms with Crippen molar-refractivity contribution >= 4 is 21.9 Å². The van der Waals surface area contributed by atoms with Crippen molar-refractivity contribution in [3.05, 3.63) is 36.5 Å². The SMILES string of the molecule is COc1ccc(-c2cnsc2-c2cc(OC)c3c(c2)OCO3)cc1OS(=O)(=O)[O-].[Na+]. The van der Waals surface area contributed by atoms with E-state index in [4.69, 9.17) is 18.9 Å². The van der Waals surface area contributed by atoms with Crippen LogP contribution in [0.5, 0.6) is 28.7 Å². The maximum absolute atomic E-state index is 11.1. The summed E-state index contributed by atoms with van der Waals surface area (Å²) < 4.78 is 63.3. The minimum absolute atomic E-state index is 0. The Labute approximate surface area is 198 Å². The molecule has 0 N–H and O–H groups in total. The summed E-state index contributed by atoms with van der Waals surface area (Å²) >= 11 is 1.24. The predicted molar refractivity (Wildman–Crippen MR) is 103 cm³/mol. The van der Waals surface area contributed by atoms with Crippen molar-refractivity contribution in [2.45, 2.75) is 0 Å². The average molecular weight is 459 g/mol. The molecule has 1 aliphatic rings. The first-order chi connectivity index (χ1) is 13.9. The number of ether oxygens (including phenoxy) is 4. The van der Waals surface area contributed by atoms with Crippen LogP contribution in [-0.4, -0.2) is 38.4 Å². The van der Waals surface area contributed by atoms with Crippen LogP contribution in [0.4, 0.5) is 0 Å². The minimum atomic E-state index is -4.96. The second-order valence-corrected chi connectivity index (χ2v) is 7.62. The number of nitrogens with zero attached hydrogens (tertiary/aromatic N) is 1. The van der Waals surface area contributed by atoms with Crippen LogP contribution in [0.1, 0.15) is 0 Å². The zero-order chi connectivity index (χ0) is 20.6. The van der Waals surface area contributed by atoms with Crippen LogP contribution in [0.15, 0.2) is 36.5 Å². The van der Waals surface area contributed by atoms with Crippen molar-refractivity contribution in [3.63, 3.8) is 0 Å². The van der Waals surface area contributed by atoms with Crippen LogP contribution >= 0.6 is 11.5 Å². The minimum Gasteiger partial charge on any atom is -0.716 e. The molecule has 0 saturated carbocycles. The van der Waals surface area contributed by atoms with E-state index in [0.29, 0.717) is 28.4 Å². The molecule has 0 atom stereocenters. The van der Waals surface area contributed by atoms with Gasteiger partial charge in [-0.25, -0.2) is 8.42 Å². The Morgan fingerprint density at radius 3 is 2.47 bits per heavy atom. The van der Waals surface area contributed by atoms with Crippen LogP contribution in [0.3, 0.4) is 0 Å². The third-order valence-electron chi connectivity index (χ3n) is 4.16. The van der Waals surface area contributed by atoms with Crippen molar-refractivity contribution < 1.29 is 65.7 Å². The van der Waals surface area contributed by atoms with E-state index >= 15 is 0 Å². The van der Waals surface area contributed by atoms with E-state index in [1.165, 1.54) is 37.9 Å². The predicted octanol–water partition coefficient (Wildman–Crippen LogP) is 0.0660. The largest absolute Gasteiger partial charge is 1.00 e. The summed E-state index contributed by atoms with van der Waals surface area (Å²) in [5.74, 6) is 1.51. The Balaban J connectivity index is 0.00000256. The Morgan fingerprint density at radius 2 is 1.77 bits per heavy atom. The molecule has 1 aromatic heterocycles. The van der Waals surface area contributed by atoms with Crippen LogP contribution in [0, 0.1) is 0 Å². The number of rotatable bonds is 6. The molecule has 0 radical (unpaired) electrons. The van der Waals surface area contributed by atoms with Gasteiger partial charge in [-0.3, -0.25) is 0 Å². The molecule has 152 valence electrons. The molecule has 3 aromatic rings. The summed E-state index contributed by atoms with van der Waals surface area (Å²) in [6, 6.07) is 8.24. The number of fused-ring (bicyclic) bond motifs is 1. The van der Waals surface area contributed by atoms with E-state index in [9.17, 15) is 13.0 Å². The van der Waals surface area contributed by atoms with Crippen LogP contribution in [0.2, 0.25) is 0 Å². The molecule has 12 heteroatoms. The van der Waals surface area contributed by atoms with Gasteiger partial charge in [-0.1, -0.05) is 6.07 Å². The first-order valence-electron chi connectivity index (χ1n) is 8.16. The quantitative estimate of drug-likeness (QED) is 0.287. The van der Waals surface area contributed by atoms with E-state index in [1.807, 2.05) is 6.07 Å². The third-order valence-corrected chi connectivity index (χ3v) is 5.39. The van der Waals surface area contributed by atoms with Gasteiger partial charge >= 0.3 is 29.6 Å². The fraction of sp³-hybridized carbons (Fsp3) is 0.167.